The summed E-state index contributed by atoms with van der Waals surface area (Å²) in [5.41, 5.74) is 3.81. The van der Waals surface area contributed by atoms with Gasteiger partial charge in [0, 0.05) is 10.7 Å². The van der Waals surface area contributed by atoms with Gasteiger partial charge in [-0.2, -0.15) is 0 Å². The Hall–Kier alpha value is -2.53. The van der Waals surface area contributed by atoms with Gasteiger partial charge in [-0.05, 0) is 54.2 Å². The van der Waals surface area contributed by atoms with Crippen LogP contribution in [0.1, 0.15) is 30.5 Å². The number of carbonyl (C=O) groups is 2. The van der Waals surface area contributed by atoms with Crippen molar-refractivity contribution in [2.75, 3.05) is 18.5 Å². The Morgan fingerprint density at radius 3 is 2.57 bits per heavy atom. The van der Waals surface area contributed by atoms with E-state index < -0.39 is 11.9 Å². The van der Waals surface area contributed by atoms with Crippen molar-refractivity contribution in [1.29, 1.82) is 0 Å². The molecule has 0 aromatic heterocycles. The first-order valence-electron chi connectivity index (χ1n) is 9.50. The highest BCUT2D eigenvalue weighted by Crippen LogP contribution is 2.30. The Kier molecular flexibility index (Phi) is 6.57. The van der Waals surface area contributed by atoms with Gasteiger partial charge in [0.2, 0.25) is 0 Å². The molecule has 0 radical (unpaired) electrons. The molecule has 3 rings (SSSR count). The number of para-hydroxylation sites is 1. The van der Waals surface area contributed by atoms with E-state index in [4.69, 9.17) is 21.1 Å². The van der Waals surface area contributed by atoms with Crippen LogP contribution in [0.25, 0.3) is 0 Å². The summed E-state index contributed by atoms with van der Waals surface area (Å²) in [4.78, 5) is 24.7. The van der Waals surface area contributed by atoms with E-state index in [2.05, 4.69) is 5.32 Å². The third-order valence-electron chi connectivity index (χ3n) is 4.87. The van der Waals surface area contributed by atoms with Gasteiger partial charge in [0.15, 0.2) is 6.61 Å². The Morgan fingerprint density at radius 2 is 1.89 bits per heavy atom. The lowest BCUT2D eigenvalue weighted by molar-refractivity contribution is -0.152. The van der Waals surface area contributed by atoms with Crippen molar-refractivity contribution in [1.82, 2.24) is 0 Å². The van der Waals surface area contributed by atoms with E-state index in [0.29, 0.717) is 11.4 Å². The van der Waals surface area contributed by atoms with Crippen LogP contribution in [0.15, 0.2) is 36.4 Å². The molecule has 0 saturated heterocycles. The third-order valence-corrected chi connectivity index (χ3v) is 5.11. The zero-order chi connectivity index (χ0) is 20.1. The van der Waals surface area contributed by atoms with Gasteiger partial charge in [-0.3, -0.25) is 9.59 Å². The molecule has 1 heterocycles. The van der Waals surface area contributed by atoms with Crippen molar-refractivity contribution < 1.29 is 19.1 Å². The van der Waals surface area contributed by atoms with Crippen LogP contribution >= 0.6 is 11.6 Å². The largest absolute Gasteiger partial charge is 0.492 e. The molecule has 0 bridgehead atoms. The third kappa shape index (κ3) is 4.65. The van der Waals surface area contributed by atoms with Crippen LogP contribution in [0, 0.1) is 5.92 Å². The number of ether oxygens (including phenoxy) is 2. The summed E-state index contributed by atoms with van der Waals surface area (Å²) in [6.45, 7) is 3.99. The van der Waals surface area contributed by atoms with Crippen molar-refractivity contribution in [3.63, 3.8) is 0 Å². The molecule has 5 nitrogen and oxygen atoms in total. The van der Waals surface area contributed by atoms with E-state index in [-0.39, 0.29) is 19.1 Å². The molecule has 0 aliphatic carbocycles. The summed E-state index contributed by atoms with van der Waals surface area (Å²) in [7, 11) is 0. The average Bonchev–Trinajstić information content (AvgIpc) is 2.71. The maximum absolute atomic E-state index is 12.4. The van der Waals surface area contributed by atoms with Crippen LogP contribution in [0.3, 0.4) is 0 Å². The summed E-state index contributed by atoms with van der Waals surface area (Å²) in [5.74, 6) is -0.508. The van der Waals surface area contributed by atoms with Gasteiger partial charge >= 0.3 is 5.97 Å². The van der Waals surface area contributed by atoms with Crippen LogP contribution in [0.4, 0.5) is 5.69 Å². The summed E-state index contributed by atoms with van der Waals surface area (Å²) in [5, 5.41) is 3.49. The molecule has 1 aliphatic heterocycles. The number of aryl methyl sites for hydroxylation is 2. The molecule has 0 unspecified atom stereocenters. The molecule has 1 amide bonds. The number of hydrogen-bond acceptors (Lipinski definition) is 4. The molecule has 1 atom stereocenters. The van der Waals surface area contributed by atoms with E-state index in [1.807, 2.05) is 32.0 Å². The number of fused-ring (bicyclic) bond motifs is 1. The van der Waals surface area contributed by atoms with Gasteiger partial charge in [-0.25, -0.2) is 0 Å². The smallest absolute Gasteiger partial charge is 0.313 e. The highest BCUT2D eigenvalue weighted by molar-refractivity contribution is 6.30. The minimum atomic E-state index is -0.451. The highest BCUT2D eigenvalue weighted by Gasteiger charge is 2.28. The normalized spacial score (nSPS) is 15.3. The lowest BCUT2D eigenvalue weighted by Crippen LogP contribution is -2.32. The lowest BCUT2D eigenvalue weighted by atomic mass is 9.97. The number of amides is 1. The van der Waals surface area contributed by atoms with Crippen molar-refractivity contribution in [2.24, 2.45) is 5.92 Å². The summed E-state index contributed by atoms with van der Waals surface area (Å²) in [6.07, 6.45) is 2.10. The molecule has 2 aromatic rings. The number of benzene rings is 2. The standard InChI is InChI=1S/C22H24ClNO4/c1-3-14-6-5-7-15(4-2)21(14)24-20(25)13-28-22(26)17-10-16-11-18(23)8-9-19(16)27-12-17/h5-9,11,17H,3-4,10,12-13H2,1-2H3,(H,24,25)/t17-/m1/s1. The van der Waals surface area contributed by atoms with Gasteiger partial charge in [0.25, 0.3) is 5.91 Å². The fourth-order valence-corrected chi connectivity index (χ4v) is 3.54. The monoisotopic (exact) mass is 401 g/mol. The summed E-state index contributed by atoms with van der Waals surface area (Å²) in [6, 6.07) is 11.3. The first kappa shape index (κ1) is 20.2. The number of hydrogen-bond donors (Lipinski definition) is 1. The van der Waals surface area contributed by atoms with Crippen molar-refractivity contribution >= 4 is 29.2 Å². The molecule has 28 heavy (non-hydrogen) atoms. The zero-order valence-electron chi connectivity index (χ0n) is 16.1. The number of nitrogens with one attached hydrogen (secondary N) is 1. The maximum atomic E-state index is 12.4. The van der Waals surface area contributed by atoms with E-state index in [9.17, 15) is 9.59 Å². The minimum Gasteiger partial charge on any atom is -0.492 e. The van der Waals surface area contributed by atoms with Crippen molar-refractivity contribution in [2.45, 2.75) is 33.1 Å². The highest BCUT2D eigenvalue weighted by atomic mass is 35.5. The Morgan fingerprint density at radius 1 is 1.18 bits per heavy atom. The van der Waals surface area contributed by atoms with E-state index in [1.54, 1.807) is 18.2 Å². The molecule has 0 saturated carbocycles. The molecule has 148 valence electrons. The molecule has 1 N–H and O–H groups in total. The number of halogens is 1. The summed E-state index contributed by atoms with van der Waals surface area (Å²) < 4.78 is 10.9. The second kappa shape index (κ2) is 9.11. The average molecular weight is 402 g/mol. The van der Waals surface area contributed by atoms with Gasteiger partial charge < -0.3 is 14.8 Å². The molecule has 0 fully saturated rings. The first-order chi connectivity index (χ1) is 13.5. The number of anilines is 1. The van der Waals surface area contributed by atoms with Crippen molar-refractivity contribution in [3.8, 4) is 5.75 Å². The molecule has 0 spiro atoms. The van der Waals surface area contributed by atoms with Crippen LogP contribution in [0.5, 0.6) is 5.75 Å². The predicted molar refractivity (Wildman–Crippen MR) is 109 cm³/mol. The summed E-state index contributed by atoms with van der Waals surface area (Å²) >= 11 is 6.01. The SMILES string of the molecule is CCc1cccc(CC)c1NC(=O)COC(=O)[C@H]1COc2ccc(Cl)cc2C1. The van der Waals surface area contributed by atoms with Crippen LogP contribution in [0.2, 0.25) is 5.02 Å². The molecular weight excluding hydrogens is 378 g/mol. The zero-order valence-corrected chi connectivity index (χ0v) is 16.8. The number of carbonyl (C=O) groups excluding carboxylic acids is 2. The predicted octanol–water partition coefficient (Wildman–Crippen LogP) is 4.20. The number of esters is 1. The Bertz CT molecular complexity index is 859. The van der Waals surface area contributed by atoms with Crippen LogP contribution in [-0.2, 0) is 33.6 Å². The minimum absolute atomic E-state index is 0.230. The lowest BCUT2D eigenvalue weighted by Gasteiger charge is -2.24. The van der Waals surface area contributed by atoms with Gasteiger partial charge in [-0.1, -0.05) is 43.6 Å². The van der Waals surface area contributed by atoms with E-state index in [1.165, 1.54) is 0 Å². The van der Waals surface area contributed by atoms with Gasteiger partial charge in [0.05, 0.1) is 5.92 Å². The van der Waals surface area contributed by atoms with E-state index in [0.717, 1.165) is 41.0 Å². The Balaban J connectivity index is 1.57. The topological polar surface area (TPSA) is 64.6 Å². The molecular formula is C22H24ClNO4. The molecule has 1 aliphatic rings. The van der Waals surface area contributed by atoms with Crippen LogP contribution in [-0.4, -0.2) is 25.1 Å². The fraction of sp³-hybridized carbons (Fsp3) is 0.364. The fourth-order valence-electron chi connectivity index (χ4n) is 3.35. The maximum Gasteiger partial charge on any atom is 0.313 e. The number of rotatable bonds is 6. The molecule has 2 aromatic carbocycles. The van der Waals surface area contributed by atoms with E-state index >= 15 is 0 Å². The second-order valence-corrected chi connectivity index (χ2v) is 7.21. The van der Waals surface area contributed by atoms with Gasteiger partial charge in [-0.15, -0.1) is 0 Å². The molecule has 6 heteroatoms. The first-order valence-corrected chi connectivity index (χ1v) is 9.88. The van der Waals surface area contributed by atoms with Gasteiger partial charge in [0.1, 0.15) is 12.4 Å². The second-order valence-electron chi connectivity index (χ2n) is 6.78. The Labute approximate surface area is 170 Å². The quantitative estimate of drug-likeness (QED) is 0.737. The van der Waals surface area contributed by atoms with Crippen molar-refractivity contribution in [3.05, 3.63) is 58.1 Å². The van der Waals surface area contributed by atoms with Crippen LogP contribution < -0.4 is 10.1 Å².